The minimum Gasteiger partial charge on any atom is -0.380 e. The second-order valence-electron chi connectivity index (χ2n) is 6.42. The van der Waals surface area contributed by atoms with Crippen molar-refractivity contribution in [3.05, 3.63) is 23.4 Å². The van der Waals surface area contributed by atoms with Crippen LogP contribution in [0.4, 0.5) is 5.82 Å². The molecule has 0 radical (unpaired) electrons. The van der Waals surface area contributed by atoms with Crippen LogP contribution in [0.5, 0.6) is 0 Å². The van der Waals surface area contributed by atoms with Gasteiger partial charge < -0.3 is 15.1 Å². The molecule has 1 aromatic heterocycles. The zero-order valence-corrected chi connectivity index (χ0v) is 13.1. The molecule has 0 bridgehead atoms. The molecular weight excluding hydrogens is 268 g/mol. The van der Waals surface area contributed by atoms with E-state index in [1.807, 2.05) is 11.0 Å². The molecule has 0 saturated carbocycles. The maximum atomic E-state index is 12.6. The molecule has 6 heteroatoms. The van der Waals surface area contributed by atoms with Gasteiger partial charge in [-0.3, -0.25) is 4.79 Å². The Hall–Kier alpha value is -1.66. The van der Waals surface area contributed by atoms with Crippen LogP contribution in [0, 0.1) is 0 Å². The van der Waals surface area contributed by atoms with E-state index in [4.69, 9.17) is 10.6 Å². The number of anilines is 1. The van der Waals surface area contributed by atoms with E-state index in [9.17, 15) is 4.79 Å². The number of pyridine rings is 1. The molecule has 0 spiro atoms. The minimum absolute atomic E-state index is 0.000972. The van der Waals surface area contributed by atoms with E-state index < -0.39 is 0 Å². The third-order valence-corrected chi connectivity index (χ3v) is 3.75. The average molecular weight is 292 g/mol. The predicted octanol–water partition coefficient (Wildman–Crippen LogP) is 1.53. The lowest BCUT2D eigenvalue weighted by Gasteiger charge is -2.21. The number of hydrazine groups is 1. The van der Waals surface area contributed by atoms with Crippen molar-refractivity contribution in [1.82, 2.24) is 9.88 Å². The van der Waals surface area contributed by atoms with E-state index in [1.54, 1.807) is 13.2 Å². The maximum absolute atomic E-state index is 12.6. The first kappa shape index (κ1) is 15.7. The summed E-state index contributed by atoms with van der Waals surface area (Å²) < 4.78 is 5.31. The highest BCUT2D eigenvalue weighted by molar-refractivity contribution is 5.95. The molecule has 1 unspecified atom stereocenters. The van der Waals surface area contributed by atoms with Gasteiger partial charge in [0.15, 0.2) is 0 Å². The lowest BCUT2D eigenvalue weighted by Crippen LogP contribution is -2.30. The van der Waals surface area contributed by atoms with Crippen LogP contribution in [0.25, 0.3) is 0 Å². The molecule has 1 atom stereocenters. The molecule has 0 aliphatic carbocycles. The Balaban J connectivity index is 2.28. The number of nitrogens with two attached hydrogens (primary N) is 1. The Morgan fingerprint density at radius 3 is 2.71 bits per heavy atom. The number of hydrogen-bond acceptors (Lipinski definition) is 5. The molecule has 2 heterocycles. The van der Waals surface area contributed by atoms with Crippen molar-refractivity contribution in [2.45, 2.75) is 38.7 Å². The average Bonchev–Trinajstić information content (AvgIpc) is 2.93. The highest BCUT2D eigenvalue weighted by Gasteiger charge is 2.28. The number of carbonyl (C=O) groups excluding carboxylic acids is 1. The van der Waals surface area contributed by atoms with Crippen LogP contribution < -0.4 is 11.3 Å². The van der Waals surface area contributed by atoms with E-state index >= 15 is 0 Å². The standard InChI is InChI=1S/C15H24N4O2/c1-15(2,3)12-7-10(8-13(17-12)18-16)14(20)19-6-5-11(9-19)21-4/h7-8,11H,5-6,9,16H2,1-4H3,(H,17,18). The first-order valence-corrected chi connectivity index (χ1v) is 7.16. The van der Waals surface area contributed by atoms with Gasteiger partial charge in [0.25, 0.3) is 5.91 Å². The van der Waals surface area contributed by atoms with E-state index in [2.05, 4.69) is 31.2 Å². The third kappa shape index (κ3) is 3.51. The Kier molecular flexibility index (Phi) is 4.49. The summed E-state index contributed by atoms with van der Waals surface area (Å²) in [5.41, 5.74) is 3.84. The van der Waals surface area contributed by atoms with Gasteiger partial charge in [-0.15, -0.1) is 0 Å². The van der Waals surface area contributed by atoms with Gasteiger partial charge in [-0.1, -0.05) is 20.8 Å². The van der Waals surface area contributed by atoms with Crippen molar-refractivity contribution in [2.24, 2.45) is 5.84 Å². The number of amides is 1. The first-order valence-electron chi connectivity index (χ1n) is 7.16. The second kappa shape index (κ2) is 5.99. The molecule has 2 rings (SSSR count). The van der Waals surface area contributed by atoms with Crippen molar-refractivity contribution in [1.29, 1.82) is 0 Å². The number of rotatable bonds is 3. The molecule has 21 heavy (non-hydrogen) atoms. The van der Waals surface area contributed by atoms with Crippen LogP contribution in [-0.4, -0.2) is 42.1 Å². The van der Waals surface area contributed by atoms with Gasteiger partial charge in [0.2, 0.25) is 0 Å². The van der Waals surface area contributed by atoms with Gasteiger partial charge in [0.1, 0.15) is 5.82 Å². The number of nitrogens with one attached hydrogen (secondary N) is 1. The molecule has 3 N–H and O–H groups in total. The number of hydrogen-bond donors (Lipinski definition) is 2. The summed E-state index contributed by atoms with van der Waals surface area (Å²) in [6.07, 6.45) is 1.01. The number of likely N-dealkylation sites (tertiary alicyclic amines) is 1. The molecule has 1 fully saturated rings. The predicted molar refractivity (Wildman–Crippen MR) is 82.1 cm³/mol. The number of carbonyl (C=O) groups is 1. The normalized spacial score (nSPS) is 18.9. The lowest BCUT2D eigenvalue weighted by atomic mass is 9.90. The van der Waals surface area contributed by atoms with Crippen molar-refractivity contribution in [2.75, 3.05) is 25.6 Å². The van der Waals surface area contributed by atoms with E-state index in [0.29, 0.717) is 17.9 Å². The fourth-order valence-electron chi connectivity index (χ4n) is 2.40. The monoisotopic (exact) mass is 292 g/mol. The summed E-state index contributed by atoms with van der Waals surface area (Å²) in [6, 6.07) is 3.54. The molecule has 116 valence electrons. The zero-order valence-electron chi connectivity index (χ0n) is 13.1. The SMILES string of the molecule is COC1CCN(C(=O)c2cc(NN)nc(C(C)(C)C)c2)C1. The number of nitrogens with zero attached hydrogens (tertiary/aromatic N) is 2. The van der Waals surface area contributed by atoms with Crippen LogP contribution in [0.1, 0.15) is 43.2 Å². The van der Waals surface area contributed by atoms with Gasteiger partial charge in [0.05, 0.1) is 6.10 Å². The molecule has 6 nitrogen and oxygen atoms in total. The van der Waals surface area contributed by atoms with Crippen LogP contribution in [0.15, 0.2) is 12.1 Å². The Labute approximate surface area is 125 Å². The van der Waals surface area contributed by atoms with Crippen molar-refractivity contribution in [3.8, 4) is 0 Å². The molecule has 1 aliphatic heterocycles. The van der Waals surface area contributed by atoms with E-state index in [0.717, 1.165) is 18.7 Å². The Morgan fingerprint density at radius 1 is 1.48 bits per heavy atom. The highest BCUT2D eigenvalue weighted by atomic mass is 16.5. The summed E-state index contributed by atoms with van der Waals surface area (Å²) in [5.74, 6) is 5.98. The first-order chi connectivity index (χ1) is 9.85. The quantitative estimate of drug-likeness (QED) is 0.652. The van der Waals surface area contributed by atoms with Gasteiger partial charge in [-0.2, -0.15) is 0 Å². The zero-order chi connectivity index (χ0) is 15.6. The van der Waals surface area contributed by atoms with E-state index in [1.165, 1.54) is 0 Å². The van der Waals surface area contributed by atoms with Crippen LogP contribution >= 0.6 is 0 Å². The molecule has 0 aromatic carbocycles. The maximum Gasteiger partial charge on any atom is 0.254 e. The van der Waals surface area contributed by atoms with Crippen molar-refractivity contribution in [3.63, 3.8) is 0 Å². The molecule has 1 aliphatic rings. The molecule has 1 aromatic rings. The van der Waals surface area contributed by atoms with Crippen LogP contribution in [-0.2, 0) is 10.2 Å². The van der Waals surface area contributed by atoms with Gasteiger partial charge in [0, 0.05) is 36.9 Å². The van der Waals surface area contributed by atoms with Crippen molar-refractivity contribution < 1.29 is 9.53 Å². The largest absolute Gasteiger partial charge is 0.380 e. The van der Waals surface area contributed by atoms with E-state index in [-0.39, 0.29) is 17.4 Å². The summed E-state index contributed by atoms with van der Waals surface area (Å²) in [5, 5.41) is 0. The van der Waals surface area contributed by atoms with Crippen LogP contribution in [0.3, 0.4) is 0 Å². The lowest BCUT2D eigenvalue weighted by molar-refractivity contribution is 0.0724. The Bertz CT molecular complexity index is 525. The number of methoxy groups -OCH3 is 1. The number of ether oxygens (including phenoxy) is 1. The van der Waals surface area contributed by atoms with Crippen molar-refractivity contribution >= 4 is 11.7 Å². The summed E-state index contributed by atoms with van der Waals surface area (Å²) in [6.45, 7) is 7.52. The molecular formula is C15H24N4O2. The fourth-order valence-corrected chi connectivity index (χ4v) is 2.40. The summed E-state index contributed by atoms with van der Waals surface area (Å²) >= 11 is 0. The molecule has 1 saturated heterocycles. The van der Waals surface area contributed by atoms with Gasteiger partial charge >= 0.3 is 0 Å². The minimum atomic E-state index is -0.151. The van der Waals surface area contributed by atoms with Gasteiger partial charge in [-0.05, 0) is 18.6 Å². The summed E-state index contributed by atoms with van der Waals surface area (Å²) in [7, 11) is 1.68. The smallest absolute Gasteiger partial charge is 0.254 e. The fraction of sp³-hybridized carbons (Fsp3) is 0.600. The van der Waals surface area contributed by atoms with Crippen LogP contribution in [0.2, 0.25) is 0 Å². The Morgan fingerprint density at radius 2 is 2.19 bits per heavy atom. The van der Waals surface area contributed by atoms with Gasteiger partial charge in [-0.25, -0.2) is 10.8 Å². The number of aromatic nitrogens is 1. The molecule has 1 amide bonds. The second-order valence-corrected chi connectivity index (χ2v) is 6.42. The summed E-state index contributed by atoms with van der Waals surface area (Å²) in [4.78, 5) is 18.9. The topological polar surface area (TPSA) is 80.5 Å². The third-order valence-electron chi connectivity index (χ3n) is 3.75. The number of nitrogen functional groups attached to an aromatic ring is 1. The highest BCUT2D eigenvalue weighted by Crippen LogP contribution is 2.24.